The summed E-state index contributed by atoms with van der Waals surface area (Å²) in [6.45, 7) is 0. The van der Waals surface area contributed by atoms with Gasteiger partial charge in [0.05, 0.1) is 0 Å². The molecule has 0 bridgehead atoms. The summed E-state index contributed by atoms with van der Waals surface area (Å²) in [5.74, 6) is 0. The van der Waals surface area contributed by atoms with Gasteiger partial charge in [0.2, 0.25) is 0 Å². The second-order valence-corrected chi connectivity index (χ2v) is 11.0. The SMILES string of the molecule is c1ccc(-c2ccc(-c3ccc(N(c4ccccc4)c4cc(-c5ccccc5)c5oc6ccccc6c5c4)cc3)cc2)cc1. The fourth-order valence-electron chi connectivity index (χ4n) is 6.09. The quantitative estimate of drug-likeness (QED) is 0.200. The first-order valence-electron chi connectivity index (χ1n) is 14.9. The second-order valence-electron chi connectivity index (χ2n) is 11.0. The molecule has 7 aromatic carbocycles. The molecule has 1 heterocycles. The minimum Gasteiger partial charge on any atom is -0.455 e. The molecule has 0 spiro atoms. The van der Waals surface area contributed by atoms with Gasteiger partial charge in [-0.25, -0.2) is 0 Å². The van der Waals surface area contributed by atoms with E-state index in [4.69, 9.17) is 4.42 Å². The Labute approximate surface area is 257 Å². The largest absolute Gasteiger partial charge is 0.455 e. The van der Waals surface area contributed by atoms with E-state index in [1.54, 1.807) is 0 Å². The van der Waals surface area contributed by atoms with Crippen LogP contribution < -0.4 is 4.90 Å². The third kappa shape index (κ3) is 4.73. The van der Waals surface area contributed by atoms with Crippen molar-refractivity contribution < 1.29 is 4.42 Å². The maximum absolute atomic E-state index is 6.47. The Hall–Kier alpha value is -5.86. The topological polar surface area (TPSA) is 16.4 Å². The average molecular weight is 564 g/mol. The molecule has 0 aliphatic rings. The van der Waals surface area contributed by atoms with Crippen LogP contribution in [0.3, 0.4) is 0 Å². The van der Waals surface area contributed by atoms with E-state index >= 15 is 0 Å². The molecule has 2 nitrogen and oxygen atoms in total. The maximum Gasteiger partial charge on any atom is 0.143 e. The van der Waals surface area contributed by atoms with Crippen LogP contribution in [0.5, 0.6) is 0 Å². The van der Waals surface area contributed by atoms with Crippen molar-refractivity contribution in [2.45, 2.75) is 0 Å². The second kappa shape index (κ2) is 11.1. The van der Waals surface area contributed by atoms with Crippen LogP contribution >= 0.6 is 0 Å². The molecule has 8 rings (SSSR count). The normalized spacial score (nSPS) is 11.2. The molecule has 8 aromatic rings. The Morgan fingerprint density at radius 2 is 0.818 bits per heavy atom. The first-order valence-corrected chi connectivity index (χ1v) is 14.9. The third-order valence-electron chi connectivity index (χ3n) is 8.27. The van der Waals surface area contributed by atoms with Crippen LogP contribution in [0, 0.1) is 0 Å². The number of benzene rings is 7. The van der Waals surface area contributed by atoms with Gasteiger partial charge in [0, 0.05) is 33.4 Å². The van der Waals surface area contributed by atoms with Crippen LogP contribution in [0.15, 0.2) is 180 Å². The Balaban J connectivity index is 1.25. The van der Waals surface area contributed by atoms with Crippen LogP contribution in [0.1, 0.15) is 0 Å². The Bertz CT molecular complexity index is 2180. The van der Waals surface area contributed by atoms with E-state index in [0.717, 1.165) is 50.1 Å². The molecule has 0 aliphatic carbocycles. The molecular formula is C42H29NO. The zero-order valence-electron chi connectivity index (χ0n) is 24.1. The summed E-state index contributed by atoms with van der Waals surface area (Å²) < 4.78 is 6.47. The van der Waals surface area contributed by atoms with Crippen LogP contribution in [0.25, 0.3) is 55.3 Å². The number of hydrogen-bond donors (Lipinski definition) is 0. The van der Waals surface area contributed by atoms with Crippen molar-refractivity contribution in [1.82, 2.24) is 0 Å². The fraction of sp³-hybridized carbons (Fsp3) is 0. The molecule has 0 atom stereocenters. The number of nitrogens with zero attached hydrogens (tertiary/aromatic N) is 1. The summed E-state index contributed by atoms with van der Waals surface area (Å²) in [4.78, 5) is 2.33. The van der Waals surface area contributed by atoms with Crippen molar-refractivity contribution >= 4 is 39.0 Å². The molecule has 0 amide bonds. The van der Waals surface area contributed by atoms with E-state index in [1.165, 1.54) is 22.3 Å². The van der Waals surface area contributed by atoms with Crippen molar-refractivity contribution in [3.8, 4) is 33.4 Å². The lowest BCUT2D eigenvalue weighted by Gasteiger charge is -2.26. The van der Waals surface area contributed by atoms with Gasteiger partial charge in [-0.15, -0.1) is 0 Å². The first-order chi connectivity index (χ1) is 21.8. The lowest BCUT2D eigenvalue weighted by Crippen LogP contribution is -2.10. The van der Waals surface area contributed by atoms with Gasteiger partial charge in [0.25, 0.3) is 0 Å². The van der Waals surface area contributed by atoms with Crippen LogP contribution in [0.4, 0.5) is 17.1 Å². The van der Waals surface area contributed by atoms with E-state index < -0.39 is 0 Å². The average Bonchev–Trinajstić information content (AvgIpc) is 3.48. The van der Waals surface area contributed by atoms with Crippen molar-refractivity contribution in [3.63, 3.8) is 0 Å². The Morgan fingerprint density at radius 3 is 1.45 bits per heavy atom. The lowest BCUT2D eigenvalue weighted by atomic mass is 9.99. The minimum absolute atomic E-state index is 0.894. The number of anilines is 3. The number of para-hydroxylation sites is 2. The number of fused-ring (bicyclic) bond motifs is 3. The smallest absolute Gasteiger partial charge is 0.143 e. The fourth-order valence-corrected chi connectivity index (χ4v) is 6.09. The van der Waals surface area contributed by atoms with Gasteiger partial charge in [-0.05, 0) is 70.3 Å². The first kappa shape index (κ1) is 25.8. The Kier molecular flexibility index (Phi) is 6.51. The van der Waals surface area contributed by atoms with Crippen molar-refractivity contribution in [3.05, 3.63) is 176 Å². The highest BCUT2D eigenvalue weighted by Gasteiger charge is 2.19. The highest BCUT2D eigenvalue weighted by Crippen LogP contribution is 2.43. The van der Waals surface area contributed by atoms with Gasteiger partial charge in [-0.3, -0.25) is 0 Å². The standard InChI is InChI=1S/C42H29NO/c1-4-12-30(13-5-1)31-20-22-32(23-21-31)33-24-26-36(27-25-33)43(35-16-8-3-9-17-35)37-28-39(34-14-6-2-7-15-34)42-40(29-37)38-18-10-11-19-41(38)44-42/h1-29H. The molecule has 208 valence electrons. The molecule has 1 aromatic heterocycles. The molecule has 0 saturated carbocycles. The van der Waals surface area contributed by atoms with Crippen LogP contribution in [-0.4, -0.2) is 0 Å². The van der Waals surface area contributed by atoms with Gasteiger partial charge in [0.1, 0.15) is 11.2 Å². The van der Waals surface area contributed by atoms with Crippen LogP contribution in [0.2, 0.25) is 0 Å². The molecule has 0 fully saturated rings. The predicted molar refractivity (Wildman–Crippen MR) is 185 cm³/mol. The predicted octanol–water partition coefficient (Wildman–Crippen LogP) is 12.1. The summed E-state index contributed by atoms with van der Waals surface area (Å²) >= 11 is 0. The van der Waals surface area contributed by atoms with Crippen molar-refractivity contribution in [1.29, 1.82) is 0 Å². The summed E-state index contributed by atoms with van der Waals surface area (Å²) in [6, 6.07) is 62.1. The summed E-state index contributed by atoms with van der Waals surface area (Å²) in [6.07, 6.45) is 0. The number of rotatable bonds is 6. The molecular weight excluding hydrogens is 534 g/mol. The van der Waals surface area contributed by atoms with Gasteiger partial charge in [-0.2, -0.15) is 0 Å². The maximum atomic E-state index is 6.47. The van der Waals surface area contributed by atoms with E-state index in [-0.39, 0.29) is 0 Å². The zero-order valence-corrected chi connectivity index (χ0v) is 24.1. The Morgan fingerprint density at radius 1 is 0.341 bits per heavy atom. The lowest BCUT2D eigenvalue weighted by molar-refractivity contribution is 0.670. The molecule has 0 N–H and O–H groups in total. The number of hydrogen-bond acceptors (Lipinski definition) is 2. The molecule has 0 aliphatic heterocycles. The highest BCUT2D eigenvalue weighted by molar-refractivity contribution is 6.11. The van der Waals surface area contributed by atoms with Gasteiger partial charge in [-0.1, -0.05) is 133 Å². The zero-order chi connectivity index (χ0) is 29.3. The van der Waals surface area contributed by atoms with Gasteiger partial charge in [0.15, 0.2) is 0 Å². The highest BCUT2D eigenvalue weighted by atomic mass is 16.3. The molecule has 44 heavy (non-hydrogen) atoms. The van der Waals surface area contributed by atoms with E-state index in [1.807, 2.05) is 12.1 Å². The number of furan rings is 1. The monoisotopic (exact) mass is 563 g/mol. The van der Waals surface area contributed by atoms with E-state index in [0.29, 0.717) is 0 Å². The van der Waals surface area contributed by atoms with E-state index in [2.05, 4.69) is 169 Å². The molecule has 0 radical (unpaired) electrons. The summed E-state index contributed by atoms with van der Waals surface area (Å²) in [5.41, 5.74) is 12.1. The molecule has 0 saturated heterocycles. The molecule has 2 heteroatoms. The molecule has 0 unspecified atom stereocenters. The van der Waals surface area contributed by atoms with Gasteiger partial charge < -0.3 is 9.32 Å². The third-order valence-corrected chi connectivity index (χ3v) is 8.27. The summed E-state index contributed by atoms with van der Waals surface area (Å²) in [7, 11) is 0. The van der Waals surface area contributed by atoms with Crippen LogP contribution in [-0.2, 0) is 0 Å². The summed E-state index contributed by atoms with van der Waals surface area (Å²) in [5, 5.41) is 2.22. The minimum atomic E-state index is 0.894. The van der Waals surface area contributed by atoms with Crippen molar-refractivity contribution in [2.75, 3.05) is 4.90 Å². The van der Waals surface area contributed by atoms with Crippen molar-refractivity contribution in [2.24, 2.45) is 0 Å². The van der Waals surface area contributed by atoms with E-state index in [9.17, 15) is 0 Å². The van der Waals surface area contributed by atoms with Gasteiger partial charge >= 0.3 is 0 Å².